The van der Waals surface area contributed by atoms with Crippen LogP contribution in [0.2, 0.25) is 0 Å². The largest absolute Gasteiger partial charge is 0.306 e. The van der Waals surface area contributed by atoms with Crippen LogP contribution in [-0.4, -0.2) is 6.54 Å². The Kier molecular flexibility index (Phi) is 5.01. The molecule has 0 aliphatic heterocycles. The Hall–Kier alpha value is -0.160. The summed E-state index contributed by atoms with van der Waals surface area (Å²) in [6.07, 6.45) is 0. The summed E-state index contributed by atoms with van der Waals surface area (Å²) in [4.78, 5) is 0. The van der Waals surface area contributed by atoms with Gasteiger partial charge in [0, 0.05) is 0 Å². The fourth-order valence-electron chi connectivity index (χ4n) is 2.01. The van der Waals surface area contributed by atoms with Gasteiger partial charge in [-0.1, -0.05) is 36.8 Å². The van der Waals surface area contributed by atoms with Crippen molar-refractivity contribution in [3.63, 3.8) is 0 Å². The molecule has 2 aromatic rings. The van der Waals surface area contributed by atoms with Crippen LogP contribution in [0.3, 0.4) is 0 Å². The van der Waals surface area contributed by atoms with E-state index in [1.807, 2.05) is 0 Å². The van der Waals surface area contributed by atoms with E-state index in [9.17, 15) is 0 Å². The molecule has 1 aromatic carbocycles. The molecule has 96 valence electrons. The zero-order chi connectivity index (χ0) is 13.1. The topological polar surface area (TPSA) is 12.0 Å². The first kappa shape index (κ1) is 14.3. The van der Waals surface area contributed by atoms with Crippen molar-refractivity contribution in [2.45, 2.75) is 19.9 Å². The molecule has 0 bridgehead atoms. The van der Waals surface area contributed by atoms with Crippen LogP contribution in [0.5, 0.6) is 0 Å². The number of rotatable bonds is 4. The molecule has 0 spiro atoms. The minimum Gasteiger partial charge on any atom is -0.306 e. The number of thiophene rings is 1. The van der Waals surface area contributed by atoms with Gasteiger partial charge < -0.3 is 5.32 Å². The zero-order valence-corrected chi connectivity index (χ0v) is 14.3. The highest BCUT2D eigenvalue weighted by Gasteiger charge is 2.18. The monoisotopic (exact) mass is 387 g/mol. The molecule has 1 unspecified atom stereocenters. The molecular formula is C14H15Br2NS. The van der Waals surface area contributed by atoms with Crippen molar-refractivity contribution in [3.8, 4) is 0 Å². The van der Waals surface area contributed by atoms with Gasteiger partial charge in [-0.15, -0.1) is 11.3 Å². The minimum atomic E-state index is 0.242. The lowest BCUT2D eigenvalue weighted by Gasteiger charge is -2.18. The maximum absolute atomic E-state index is 3.65. The van der Waals surface area contributed by atoms with Crippen LogP contribution < -0.4 is 5.32 Å². The molecule has 2 rings (SSSR count). The lowest BCUT2D eigenvalue weighted by Crippen LogP contribution is -2.21. The minimum absolute atomic E-state index is 0.242. The molecule has 1 nitrogen and oxygen atoms in total. The van der Waals surface area contributed by atoms with E-state index in [1.165, 1.54) is 20.5 Å². The molecule has 1 N–H and O–H groups in total. The SMILES string of the molecule is CCNC(c1cccc(C)c1)c1cc(Br)sc1Br. The molecule has 1 aromatic heterocycles. The third-order valence-electron chi connectivity index (χ3n) is 2.78. The van der Waals surface area contributed by atoms with Crippen LogP contribution in [0.25, 0.3) is 0 Å². The molecule has 18 heavy (non-hydrogen) atoms. The van der Waals surface area contributed by atoms with Gasteiger partial charge in [-0.3, -0.25) is 0 Å². The van der Waals surface area contributed by atoms with Gasteiger partial charge in [0.2, 0.25) is 0 Å². The first-order valence-corrected chi connectivity index (χ1v) is 8.26. The van der Waals surface area contributed by atoms with Gasteiger partial charge in [0.05, 0.1) is 13.6 Å². The van der Waals surface area contributed by atoms with Crippen LogP contribution in [0.15, 0.2) is 37.9 Å². The van der Waals surface area contributed by atoms with Gasteiger partial charge >= 0.3 is 0 Å². The van der Waals surface area contributed by atoms with E-state index >= 15 is 0 Å². The fourth-order valence-corrected chi connectivity index (χ4v) is 4.91. The molecule has 0 radical (unpaired) electrons. The molecule has 0 amide bonds. The second-order valence-electron chi connectivity index (χ2n) is 4.18. The average Bonchev–Trinajstić information content (AvgIpc) is 2.65. The van der Waals surface area contributed by atoms with Crippen molar-refractivity contribution < 1.29 is 0 Å². The number of benzene rings is 1. The summed E-state index contributed by atoms with van der Waals surface area (Å²) in [5.74, 6) is 0. The summed E-state index contributed by atoms with van der Waals surface area (Å²) in [6.45, 7) is 5.21. The third-order valence-corrected chi connectivity index (χ3v) is 5.16. The van der Waals surface area contributed by atoms with Gasteiger partial charge in [0.25, 0.3) is 0 Å². The van der Waals surface area contributed by atoms with E-state index in [2.05, 4.69) is 81.4 Å². The molecule has 0 saturated heterocycles. The summed E-state index contributed by atoms with van der Waals surface area (Å²) in [7, 11) is 0. The molecule has 0 saturated carbocycles. The Bertz CT molecular complexity index is 536. The smallest absolute Gasteiger partial charge is 0.0761 e. The van der Waals surface area contributed by atoms with Crippen molar-refractivity contribution in [1.82, 2.24) is 5.32 Å². The van der Waals surface area contributed by atoms with Crippen molar-refractivity contribution >= 4 is 43.2 Å². The van der Waals surface area contributed by atoms with Gasteiger partial charge in [-0.2, -0.15) is 0 Å². The van der Waals surface area contributed by atoms with Crippen molar-refractivity contribution in [2.24, 2.45) is 0 Å². The van der Waals surface area contributed by atoms with E-state index in [0.29, 0.717) is 0 Å². The maximum Gasteiger partial charge on any atom is 0.0761 e. The first-order chi connectivity index (χ1) is 8.61. The molecule has 0 fully saturated rings. The van der Waals surface area contributed by atoms with Gasteiger partial charge in [0.1, 0.15) is 0 Å². The Labute approximate surface area is 129 Å². The van der Waals surface area contributed by atoms with Crippen LogP contribution in [0.4, 0.5) is 0 Å². The standard InChI is InChI=1S/C14H15Br2NS/c1-3-17-13(10-6-4-5-9(2)7-10)11-8-12(15)18-14(11)16/h4-8,13,17H,3H2,1-2H3. The van der Waals surface area contributed by atoms with Crippen molar-refractivity contribution in [1.29, 1.82) is 0 Å². The highest BCUT2D eigenvalue weighted by molar-refractivity contribution is 9.12. The third kappa shape index (κ3) is 3.23. The highest BCUT2D eigenvalue weighted by atomic mass is 79.9. The number of hydrogen-bond acceptors (Lipinski definition) is 2. The molecular weight excluding hydrogens is 374 g/mol. The summed E-state index contributed by atoms with van der Waals surface area (Å²) in [6, 6.07) is 11.1. The summed E-state index contributed by atoms with van der Waals surface area (Å²) >= 11 is 8.92. The maximum atomic E-state index is 3.65. The Morgan fingerprint density at radius 3 is 2.61 bits per heavy atom. The lowest BCUT2D eigenvalue weighted by atomic mass is 9.99. The predicted octanol–water partition coefficient (Wildman–Crippen LogP) is 5.28. The van der Waals surface area contributed by atoms with Crippen LogP contribution in [-0.2, 0) is 0 Å². The summed E-state index contributed by atoms with van der Waals surface area (Å²) in [5.41, 5.74) is 3.89. The van der Waals surface area contributed by atoms with Gasteiger partial charge in [-0.25, -0.2) is 0 Å². The second kappa shape index (κ2) is 6.33. The Morgan fingerprint density at radius 2 is 2.06 bits per heavy atom. The molecule has 4 heteroatoms. The van der Waals surface area contributed by atoms with Gasteiger partial charge in [-0.05, 0) is 62.5 Å². The molecule has 1 heterocycles. The summed E-state index contributed by atoms with van der Waals surface area (Å²) in [5, 5.41) is 3.55. The van der Waals surface area contributed by atoms with E-state index in [1.54, 1.807) is 11.3 Å². The Morgan fingerprint density at radius 1 is 1.28 bits per heavy atom. The number of nitrogens with one attached hydrogen (secondary N) is 1. The van der Waals surface area contributed by atoms with E-state index in [0.717, 1.165) is 10.3 Å². The number of aryl methyl sites for hydroxylation is 1. The fraction of sp³-hybridized carbons (Fsp3) is 0.286. The van der Waals surface area contributed by atoms with Crippen LogP contribution in [0.1, 0.15) is 29.7 Å². The molecule has 0 aliphatic carbocycles. The number of halogens is 2. The number of hydrogen-bond donors (Lipinski definition) is 1. The van der Waals surface area contributed by atoms with Crippen molar-refractivity contribution in [3.05, 3.63) is 54.6 Å². The van der Waals surface area contributed by atoms with E-state index < -0.39 is 0 Å². The second-order valence-corrected chi connectivity index (χ2v) is 7.93. The Balaban J connectivity index is 2.42. The lowest BCUT2D eigenvalue weighted by molar-refractivity contribution is 0.630. The normalized spacial score (nSPS) is 12.7. The molecule has 1 atom stereocenters. The zero-order valence-electron chi connectivity index (χ0n) is 10.3. The summed E-state index contributed by atoms with van der Waals surface area (Å²) < 4.78 is 2.33. The van der Waals surface area contributed by atoms with E-state index in [-0.39, 0.29) is 6.04 Å². The first-order valence-electron chi connectivity index (χ1n) is 5.86. The van der Waals surface area contributed by atoms with Crippen LogP contribution >= 0.6 is 43.2 Å². The predicted molar refractivity (Wildman–Crippen MR) is 86.4 cm³/mol. The van der Waals surface area contributed by atoms with Crippen LogP contribution in [0, 0.1) is 6.92 Å². The quantitative estimate of drug-likeness (QED) is 0.751. The van der Waals surface area contributed by atoms with E-state index in [4.69, 9.17) is 0 Å². The van der Waals surface area contributed by atoms with Gasteiger partial charge in [0.15, 0.2) is 0 Å². The highest BCUT2D eigenvalue weighted by Crippen LogP contribution is 2.37. The average molecular weight is 389 g/mol. The molecule has 0 aliphatic rings. The van der Waals surface area contributed by atoms with Crippen molar-refractivity contribution in [2.75, 3.05) is 6.54 Å².